The Hall–Kier alpha value is -0.240. The molecule has 0 radical (unpaired) electrons. The topological polar surface area (TPSA) is 57.5 Å². The first kappa shape index (κ1) is 16.8. The van der Waals surface area contributed by atoms with Crippen LogP contribution in [0.2, 0.25) is 0 Å². The van der Waals surface area contributed by atoms with Crippen LogP contribution in [0.25, 0.3) is 0 Å². The molecule has 1 heterocycles. The third kappa shape index (κ3) is 5.72. The number of nitrogens with one attached hydrogen (secondary N) is 1. The Bertz CT molecular complexity index is 280. The monoisotopic (exact) mass is 287 g/mol. The SMILES string of the molecule is CC(C)N(C(C)C)P(OCCC#N)O[C@@H]1CCNC1. The zero-order chi connectivity index (χ0) is 14.3. The Labute approximate surface area is 118 Å². The standard InChI is InChI=1S/C13H26N3O2P/c1-11(2)16(12(3)4)19(17-9-5-7-14)18-13-6-8-15-10-13/h11-13,15H,5-6,8-10H2,1-4H3/t13-,19?/m1/s1. The molecule has 6 heteroatoms. The maximum atomic E-state index is 8.63. The number of nitrogens with zero attached hydrogens (tertiary/aromatic N) is 2. The minimum Gasteiger partial charge on any atom is -0.321 e. The molecule has 1 fully saturated rings. The summed E-state index contributed by atoms with van der Waals surface area (Å²) in [5, 5.41) is 11.9. The summed E-state index contributed by atoms with van der Waals surface area (Å²) in [5.41, 5.74) is 0. The number of hydrogen-bond acceptors (Lipinski definition) is 5. The Kier molecular flexibility index (Phi) is 7.82. The van der Waals surface area contributed by atoms with Crippen molar-refractivity contribution in [1.29, 1.82) is 5.26 Å². The summed E-state index contributed by atoms with van der Waals surface area (Å²) in [6, 6.07) is 2.84. The van der Waals surface area contributed by atoms with Gasteiger partial charge in [-0.2, -0.15) is 5.26 Å². The lowest BCUT2D eigenvalue weighted by molar-refractivity contribution is 0.141. The number of hydrogen-bond donors (Lipinski definition) is 1. The first-order valence-corrected chi connectivity index (χ1v) is 8.15. The summed E-state index contributed by atoms with van der Waals surface area (Å²) < 4.78 is 14.3. The van der Waals surface area contributed by atoms with E-state index in [0.29, 0.717) is 25.1 Å². The molecule has 1 aliphatic heterocycles. The Morgan fingerprint density at radius 2 is 2.05 bits per heavy atom. The Morgan fingerprint density at radius 3 is 2.53 bits per heavy atom. The van der Waals surface area contributed by atoms with E-state index < -0.39 is 8.53 Å². The second-order valence-corrected chi connectivity index (χ2v) is 6.67. The molecule has 1 unspecified atom stereocenters. The highest BCUT2D eigenvalue weighted by molar-refractivity contribution is 7.44. The molecule has 0 aliphatic carbocycles. The van der Waals surface area contributed by atoms with Crippen molar-refractivity contribution in [3.63, 3.8) is 0 Å². The highest BCUT2D eigenvalue weighted by atomic mass is 31.2. The molecule has 0 aromatic rings. The van der Waals surface area contributed by atoms with Crippen LogP contribution in [0.5, 0.6) is 0 Å². The van der Waals surface area contributed by atoms with Crippen LogP contribution in [-0.4, -0.2) is 42.6 Å². The van der Waals surface area contributed by atoms with Crippen molar-refractivity contribution in [3.05, 3.63) is 0 Å². The lowest BCUT2D eigenvalue weighted by Crippen LogP contribution is -2.35. The highest BCUT2D eigenvalue weighted by Gasteiger charge is 2.30. The van der Waals surface area contributed by atoms with Crippen LogP contribution in [0.3, 0.4) is 0 Å². The van der Waals surface area contributed by atoms with Gasteiger partial charge in [-0.05, 0) is 40.7 Å². The quantitative estimate of drug-likeness (QED) is 0.549. The summed E-state index contributed by atoms with van der Waals surface area (Å²) in [6.07, 6.45) is 1.67. The fourth-order valence-corrected chi connectivity index (χ4v) is 3.88. The van der Waals surface area contributed by atoms with Crippen molar-refractivity contribution >= 4 is 8.53 Å². The van der Waals surface area contributed by atoms with Gasteiger partial charge in [-0.15, -0.1) is 0 Å². The molecule has 0 saturated carbocycles. The van der Waals surface area contributed by atoms with Gasteiger partial charge in [-0.3, -0.25) is 0 Å². The van der Waals surface area contributed by atoms with Crippen molar-refractivity contribution < 1.29 is 9.05 Å². The van der Waals surface area contributed by atoms with Crippen LogP contribution in [0.4, 0.5) is 0 Å². The van der Waals surface area contributed by atoms with Gasteiger partial charge in [0.1, 0.15) is 0 Å². The van der Waals surface area contributed by atoms with Gasteiger partial charge in [0.05, 0.1) is 25.2 Å². The maximum absolute atomic E-state index is 8.63. The van der Waals surface area contributed by atoms with Crippen LogP contribution >= 0.6 is 8.53 Å². The molecule has 110 valence electrons. The summed E-state index contributed by atoms with van der Waals surface area (Å²) >= 11 is 0. The van der Waals surface area contributed by atoms with Gasteiger partial charge < -0.3 is 14.4 Å². The Balaban J connectivity index is 2.62. The van der Waals surface area contributed by atoms with E-state index in [1.165, 1.54) is 0 Å². The van der Waals surface area contributed by atoms with E-state index in [9.17, 15) is 0 Å². The van der Waals surface area contributed by atoms with Crippen LogP contribution in [0.15, 0.2) is 0 Å². The average Bonchev–Trinajstić information content (AvgIpc) is 2.81. The predicted octanol–water partition coefficient (Wildman–Crippen LogP) is 2.64. The molecule has 0 spiro atoms. The third-order valence-electron chi connectivity index (χ3n) is 2.92. The van der Waals surface area contributed by atoms with E-state index >= 15 is 0 Å². The molecule has 1 saturated heterocycles. The molecule has 1 N–H and O–H groups in total. The van der Waals surface area contributed by atoms with Gasteiger partial charge in [-0.25, -0.2) is 4.67 Å². The number of rotatable bonds is 8. The van der Waals surface area contributed by atoms with Crippen molar-refractivity contribution in [2.24, 2.45) is 0 Å². The summed E-state index contributed by atoms with van der Waals surface area (Å²) in [7, 11) is -1.08. The average molecular weight is 287 g/mol. The first-order valence-electron chi connectivity index (χ1n) is 7.02. The number of nitriles is 1. The van der Waals surface area contributed by atoms with Gasteiger partial charge in [0.15, 0.2) is 0 Å². The van der Waals surface area contributed by atoms with Gasteiger partial charge in [0, 0.05) is 18.6 Å². The molecule has 0 bridgehead atoms. The molecular formula is C13H26N3O2P. The lowest BCUT2D eigenvalue weighted by Gasteiger charge is -2.36. The first-order chi connectivity index (χ1) is 9.06. The second-order valence-electron chi connectivity index (χ2n) is 5.27. The van der Waals surface area contributed by atoms with Gasteiger partial charge >= 0.3 is 0 Å². The molecule has 19 heavy (non-hydrogen) atoms. The minimum absolute atomic E-state index is 0.230. The van der Waals surface area contributed by atoms with E-state index in [2.05, 4.69) is 43.8 Å². The van der Waals surface area contributed by atoms with Crippen molar-refractivity contribution in [2.75, 3.05) is 19.7 Å². The molecule has 2 atom stereocenters. The Morgan fingerprint density at radius 1 is 1.37 bits per heavy atom. The van der Waals surface area contributed by atoms with E-state index in [0.717, 1.165) is 19.5 Å². The maximum Gasteiger partial charge on any atom is 0.259 e. The fourth-order valence-electron chi connectivity index (χ4n) is 2.14. The van der Waals surface area contributed by atoms with E-state index in [1.54, 1.807) is 0 Å². The van der Waals surface area contributed by atoms with Crippen LogP contribution in [0.1, 0.15) is 40.5 Å². The normalized spacial score (nSPS) is 21.3. The predicted molar refractivity (Wildman–Crippen MR) is 77.6 cm³/mol. The van der Waals surface area contributed by atoms with E-state index in [4.69, 9.17) is 14.3 Å². The zero-order valence-corrected chi connectivity index (χ0v) is 13.3. The van der Waals surface area contributed by atoms with Crippen molar-refractivity contribution in [1.82, 2.24) is 9.99 Å². The summed E-state index contributed by atoms with van der Waals surface area (Å²) in [6.45, 7) is 11.0. The highest BCUT2D eigenvalue weighted by Crippen LogP contribution is 2.47. The van der Waals surface area contributed by atoms with Crippen molar-refractivity contribution in [3.8, 4) is 6.07 Å². The molecule has 0 amide bonds. The largest absolute Gasteiger partial charge is 0.321 e. The fraction of sp³-hybridized carbons (Fsp3) is 0.923. The summed E-state index contributed by atoms with van der Waals surface area (Å²) in [5.74, 6) is 0. The van der Waals surface area contributed by atoms with Gasteiger partial charge in [-0.1, -0.05) is 0 Å². The van der Waals surface area contributed by atoms with E-state index in [1.807, 2.05) is 0 Å². The minimum atomic E-state index is -1.08. The molecule has 0 aromatic carbocycles. The lowest BCUT2D eigenvalue weighted by atomic mass is 10.3. The molecule has 0 aromatic heterocycles. The van der Waals surface area contributed by atoms with Crippen molar-refractivity contribution in [2.45, 2.75) is 58.7 Å². The molecule has 1 rings (SSSR count). The summed E-state index contributed by atoms with van der Waals surface area (Å²) in [4.78, 5) is 0. The second kappa shape index (κ2) is 8.84. The zero-order valence-electron chi connectivity index (χ0n) is 12.4. The smallest absolute Gasteiger partial charge is 0.259 e. The third-order valence-corrected chi connectivity index (χ3v) is 5.10. The van der Waals surface area contributed by atoms with Crippen LogP contribution in [0, 0.1) is 11.3 Å². The van der Waals surface area contributed by atoms with Gasteiger partial charge in [0.25, 0.3) is 8.53 Å². The molecule has 1 aliphatic rings. The van der Waals surface area contributed by atoms with E-state index in [-0.39, 0.29) is 6.10 Å². The molecular weight excluding hydrogens is 261 g/mol. The van der Waals surface area contributed by atoms with Crippen LogP contribution < -0.4 is 5.32 Å². The van der Waals surface area contributed by atoms with Crippen LogP contribution in [-0.2, 0) is 9.05 Å². The van der Waals surface area contributed by atoms with Gasteiger partial charge in [0.2, 0.25) is 0 Å². The molecule has 5 nitrogen and oxygen atoms in total.